The number of likely N-dealkylation sites (N-methyl/N-ethyl adjacent to an activating group) is 1. The molecule has 0 aromatic heterocycles. The van der Waals surface area contributed by atoms with Crippen molar-refractivity contribution < 1.29 is 28.2 Å². The molecule has 6 nitrogen and oxygen atoms in total. The summed E-state index contributed by atoms with van der Waals surface area (Å²) in [5.41, 5.74) is 0.179. The van der Waals surface area contributed by atoms with Gasteiger partial charge >= 0.3 is 11.9 Å². The number of carbonyl (C=O) groups is 3. The lowest BCUT2D eigenvalue weighted by Gasteiger charge is -2.18. The molecule has 0 bridgehead atoms. The lowest BCUT2D eigenvalue weighted by molar-refractivity contribution is -0.133. The molecule has 0 saturated heterocycles. The number of rotatable bonds is 6. The Bertz CT molecular complexity index is 851. The number of methoxy groups -OCH3 is 1. The predicted molar refractivity (Wildman–Crippen MR) is 95.9 cm³/mol. The quantitative estimate of drug-likeness (QED) is 0.705. The smallest absolute Gasteiger partial charge is 0.339 e. The second kappa shape index (κ2) is 9.14. The fourth-order valence-corrected chi connectivity index (χ4v) is 2.50. The highest BCUT2D eigenvalue weighted by Gasteiger charge is 2.20. The molecule has 0 aliphatic carbocycles. The molecule has 0 heterocycles. The van der Waals surface area contributed by atoms with Crippen LogP contribution in [-0.2, 0) is 20.8 Å². The Labute approximate surface area is 160 Å². The molecule has 0 atom stereocenters. The number of ether oxygens (including phenoxy) is 2. The van der Waals surface area contributed by atoms with Gasteiger partial charge in [0, 0.05) is 24.2 Å². The van der Waals surface area contributed by atoms with Crippen LogP contribution in [0.15, 0.2) is 42.5 Å². The van der Waals surface area contributed by atoms with Crippen molar-refractivity contribution in [1.82, 2.24) is 4.90 Å². The number of nitrogens with zero attached hydrogens (tertiary/aromatic N) is 1. The molecule has 2 rings (SSSR count). The Balaban J connectivity index is 2.01. The number of hydrogen-bond donors (Lipinski definition) is 0. The maximum atomic E-state index is 13.8. The maximum Gasteiger partial charge on any atom is 0.339 e. The van der Waals surface area contributed by atoms with Crippen molar-refractivity contribution in [3.63, 3.8) is 0 Å². The van der Waals surface area contributed by atoms with Crippen LogP contribution in [0.4, 0.5) is 4.39 Å². The van der Waals surface area contributed by atoms with Gasteiger partial charge in [-0.1, -0.05) is 29.8 Å². The maximum absolute atomic E-state index is 13.8. The Morgan fingerprint density at radius 3 is 2.26 bits per heavy atom. The fourth-order valence-electron chi connectivity index (χ4n) is 2.27. The van der Waals surface area contributed by atoms with E-state index in [2.05, 4.69) is 4.74 Å². The molecule has 0 aliphatic heterocycles. The van der Waals surface area contributed by atoms with E-state index in [1.165, 1.54) is 49.4 Å². The molecule has 8 heteroatoms. The summed E-state index contributed by atoms with van der Waals surface area (Å²) in [6, 6.07) is 10.1. The first-order chi connectivity index (χ1) is 12.8. The Morgan fingerprint density at radius 2 is 1.67 bits per heavy atom. The topological polar surface area (TPSA) is 72.9 Å². The third-order valence-corrected chi connectivity index (χ3v) is 4.12. The van der Waals surface area contributed by atoms with Crippen LogP contribution in [0.3, 0.4) is 0 Å². The van der Waals surface area contributed by atoms with Gasteiger partial charge in [0.25, 0.3) is 5.91 Å². The van der Waals surface area contributed by atoms with E-state index < -0.39 is 30.3 Å². The first kappa shape index (κ1) is 20.4. The van der Waals surface area contributed by atoms with Gasteiger partial charge in [-0.25, -0.2) is 14.0 Å². The molecule has 1 amide bonds. The summed E-state index contributed by atoms with van der Waals surface area (Å²) < 4.78 is 23.4. The van der Waals surface area contributed by atoms with Gasteiger partial charge in [-0.15, -0.1) is 0 Å². The third-order valence-electron chi connectivity index (χ3n) is 3.76. The van der Waals surface area contributed by atoms with E-state index in [9.17, 15) is 18.8 Å². The number of benzene rings is 2. The fraction of sp³-hybridized carbons (Fsp3) is 0.211. The van der Waals surface area contributed by atoms with E-state index in [1.54, 1.807) is 12.1 Å². The minimum atomic E-state index is -0.846. The standard InChI is InChI=1S/C19H17ClFNO5/c1-22(10-14-15(20)8-5-9-16(14)21)17(23)11-27-19(25)13-7-4-3-6-12(13)18(24)26-2/h3-9H,10-11H2,1-2H3. The molecule has 0 saturated carbocycles. The Hall–Kier alpha value is -2.93. The lowest BCUT2D eigenvalue weighted by Crippen LogP contribution is -2.31. The van der Waals surface area contributed by atoms with Crippen molar-refractivity contribution in [3.8, 4) is 0 Å². The van der Waals surface area contributed by atoms with Gasteiger partial charge in [0.05, 0.1) is 18.2 Å². The minimum absolute atomic E-state index is 0.0167. The summed E-state index contributed by atoms with van der Waals surface area (Å²) in [5.74, 6) is -2.63. The van der Waals surface area contributed by atoms with Gasteiger partial charge in [0.15, 0.2) is 6.61 Å². The highest BCUT2D eigenvalue weighted by molar-refractivity contribution is 6.31. The zero-order valence-corrected chi connectivity index (χ0v) is 15.5. The summed E-state index contributed by atoms with van der Waals surface area (Å²) >= 11 is 5.94. The van der Waals surface area contributed by atoms with Crippen molar-refractivity contribution in [2.45, 2.75) is 6.54 Å². The van der Waals surface area contributed by atoms with E-state index in [1.807, 2.05) is 0 Å². The minimum Gasteiger partial charge on any atom is -0.465 e. The van der Waals surface area contributed by atoms with E-state index >= 15 is 0 Å². The zero-order chi connectivity index (χ0) is 20.0. The van der Waals surface area contributed by atoms with E-state index in [0.29, 0.717) is 0 Å². The number of esters is 2. The van der Waals surface area contributed by atoms with Gasteiger partial charge in [0.2, 0.25) is 0 Å². The predicted octanol–water partition coefficient (Wildman–Crippen LogP) is 3.08. The van der Waals surface area contributed by atoms with Crippen LogP contribution in [0.5, 0.6) is 0 Å². The number of carbonyl (C=O) groups excluding carboxylic acids is 3. The van der Waals surface area contributed by atoms with Crippen molar-refractivity contribution in [1.29, 1.82) is 0 Å². The Morgan fingerprint density at radius 1 is 1.04 bits per heavy atom. The van der Waals surface area contributed by atoms with Crippen LogP contribution < -0.4 is 0 Å². The first-order valence-corrected chi connectivity index (χ1v) is 8.24. The van der Waals surface area contributed by atoms with Crippen molar-refractivity contribution >= 4 is 29.4 Å². The van der Waals surface area contributed by atoms with Crippen LogP contribution in [0.1, 0.15) is 26.3 Å². The Kier molecular flexibility index (Phi) is 6.90. The normalized spacial score (nSPS) is 10.2. The number of hydrogen-bond acceptors (Lipinski definition) is 5. The molecular formula is C19H17ClFNO5. The molecule has 2 aromatic carbocycles. The van der Waals surface area contributed by atoms with Crippen LogP contribution in [0, 0.1) is 5.82 Å². The second-order valence-corrected chi connectivity index (χ2v) is 5.97. The highest BCUT2D eigenvalue weighted by Crippen LogP contribution is 2.20. The molecule has 0 fully saturated rings. The first-order valence-electron chi connectivity index (χ1n) is 7.86. The van der Waals surface area contributed by atoms with Gasteiger partial charge in [-0.05, 0) is 24.3 Å². The second-order valence-electron chi connectivity index (χ2n) is 5.56. The van der Waals surface area contributed by atoms with Crippen LogP contribution >= 0.6 is 11.6 Å². The highest BCUT2D eigenvalue weighted by atomic mass is 35.5. The number of halogens is 2. The third kappa shape index (κ3) is 5.04. The summed E-state index contributed by atoms with van der Waals surface area (Å²) in [5, 5.41) is 0.193. The molecule has 0 aliphatic rings. The molecular weight excluding hydrogens is 377 g/mol. The van der Waals surface area contributed by atoms with Crippen LogP contribution in [-0.4, -0.2) is 43.5 Å². The molecule has 0 spiro atoms. The molecule has 2 aromatic rings. The van der Waals surface area contributed by atoms with E-state index in [0.717, 1.165) is 0 Å². The average molecular weight is 394 g/mol. The van der Waals surface area contributed by atoms with Gasteiger partial charge in [0.1, 0.15) is 5.82 Å². The largest absolute Gasteiger partial charge is 0.465 e. The van der Waals surface area contributed by atoms with Crippen molar-refractivity contribution in [2.24, 2.45) is 0 Å². The summed E-state index contributed by atoms with van der Waals surface area (Å²) in [6.45, 7) is -0.655. The lowest BCUT2D eigenvalue weighted by atomic mass is 10.1. The van der Waals surface area contributed by atoms with Crippen LogP contribution in [0.2, 0.25) is 5.02 Å². The summed E-state index contributed by atoms with van der Waals surface area (Å²) in [4.78, 5) is 37.3. The zero-order valence-electron chi connectivity index (χ0n) is 14.7. The molecule has 0 unspecified atom stereocenters. The molecule has 0 radical (unpaired) electrons. The van der Waals surface area contributed by atoms with E-state index in [4.69, 9.17) is 16.3 Å². The van der Waals surface area contributed by atoms with Gasteiger partial charge < -0.3 is 14.4 Å². The number of amides is 1. The molecule has 0 N–H and O–H groups in total. The van der Waals surface area contributed by atoms with Crippen molar-refractivity contribution in [3.05, 3.63) is 70.0 Å². The molecule has 27 heavy (non-hydrogen) atoms. The van der Waals surface area contributed by atoms with E-state index in [-0.39, 0.29) is 28.3 Å². The SMILES string of the molecule is COC(=O)c1ccccc1C(=O)OCC(=O)N(C)Cc1c(F)cccc1Cl. The van der Waals surface area contributed by atoms with Gasteiger partial charge in [-0.3, -0.25) is 4.79 Å². The molecule has 142 valence electrons. The van der Waals surface area contributed by atoms with Gasteiger partial charge in [-0.2, -0.15) is 0 Å². The summed E-state index contributed by atoms with van der Waals surface area (Å²) in [6.07, 6.45) is 0. The monoisotopic (exact) mass is 393 g/mol. The average Bonchev–Trinajstić information content (AvgIpc) is 2.67. The summed E-state index contributed by atoms with van der Waals surface area (Å²) in [7, 11) is 2.62. The van der Waals surface area contributed by atoms with Crippen LogP contribution in [0.25, 0.3) is 0 Å². The van der Waals surface area contributed by atoms with Crippen molar-refractivity contribution in [2.75, 3.05) is 20.8 Å².